The van der Waals surface area contributed by atoms with Crippen LogP contribution in [-0.2, 0) is 16.1 Å². The zero-order valence-corrected chi connectivity index (χ0v) is 25.5. The van der Waals surface area contributed by atoms with Crippen molar-refractivity contribution in [3.05, 3.63) is 52.7 Å². The van der Waals surface area contributed by atoms with Crippen LogP contribution in [0.3, 0.4) is 0 Å². The molecule has 2 heterocycles. The van der Waals surface area contributed by atoms with Crippen molar-refractivity contribution in [2.45, 2.75) is 91.4 Å². The van der Waals surface area contributed by atoms with Crippen molar-refractivity contribution in [3.8, 4) is 11.1 Å². The number of hydrogen-bond acceptors (Lipinski definition) is 4. The third kappa shape index (κ3) is 5.87. The first-order chi connectivity index (χ1) is 19.5. The van der Waals surface area contributed by atoms with Gasteiger partial charge in [0, 0.05) is 37.6 Å². The molecule has 1 amide bonds. The number of likely N-dealkylation sites (N-methyl/N-ethyl adjacent to an activating group) is 1. The largest absolute Gasteiger partial charge is 0.479 e. The van der Waals surface area contributed by atoms with E-state index < -0.39 is 17.7 Å². The minimum absolute atomic E-state index is 0.0673. The van der Waals surface area contributed by atoms with Gasteiger partial charge in [-0.1, -0.05) is 61.9 Å². The van der Waals surface area contributed by atoms with Gasteiger partial charge < -0.3 is 24.6 Å². The van der Waals surface area contributed by atoms with Crippen molar-refractivity contribution in [1.82, 2.24) is 9.88 Å². The summed E-state index contributed by atoms with van der Waals surface area (Å²) >= 11 is 0. The lowest BCUT2D eigenvalue weighted by atomic mass is 9.87. The van der Waals surface area contributed by atoms with Gasteiger partial charge in [0.15, 0.2) is 6.10 Å². The molecule has 1 atom stereocenters. The number of carboxylic acid groups (broad SMARTS) is 1. The number of carbonyl (C=O) groups is 2. The Morgan fingerprint density at radius 2 is 1.76 bits per heavy atom. The number of amides is 1. The van der Waals surface area contributed by atoms with E-state index in [2.05, 4.69) is 14.8 Å². The van der Waals surface area contributed by atoms with Gasteiger partial charge in [0.25, 0.3) is 5.91 Å². The zero-order valence-electron chi connectivity index (χ0n) is 25.5. The second-order valence-electron chi connectivity index (χ2n) is 13.0. The Kier molecular flexibility index (Phi) is 8.20. The summed E-state index contributed by atoms with van der Waals surface area (Å²) in [6.45, 7) is 11.8. The number of rotatable bonds is 8. The van der Waals surface area contributed by atoms with E-state index in [0.29, 0.717) is 30.3 Å². The first-order valence-electron chi connectivity index (χ1n) is 15.1. The summed E-state index contributed by atoms with van der Waals surface area (Å²) in [6.07, 6.45) is 6.28. The molecule has 1 saturated carbocycles. The van der Waals surface area contributed by atoms with Gasteiger partial charge in [0.05, 0.1) is 16.8 Å². The smallest absolute Gasteiger partial charge is 0.337 e. The maximum absolute atomic E-state index is 13.7. The monoisotopic (exact) mass is 559 g/mol. The summed E-state index contributed by atoms with van der Waals surface area (Å²) in [5, 5.41) is 14.6. The fourth-order valence-electron chi connectivity index (χ4n) is 6.78. The number of aliphatic carboxylic acids is 1. The summed E-state index contributed by atoms with van der Waals surface area (Å²) in [6, 6.07) is 10.1. The molecule has 2 N–H and O–H groups in total. The molecule has 3 aromatic rings. The van der Waals surface area contributed by atoms with E-state index in [-0.39, 0.29) is 5.91 Å². The van der Waals surface area contributed by atoms with E-state index in [1.807, 2.05) is 72.0 Å². The first-order valence-corrected chi connectivity index (χ1v) is 15.1. The molecule has 2 aromatic carbocycles. The number of benzene rings is 2. The quantitative estimate of drug-likeness (QED) is 0.310. The molecule has 2 aliphatic rings. The van der Waals surface area contributed by atoms with Crippen LogP contribution >= 0.6 is 0 Å². The molecule has 0 bridgehead atoms. The molecule has 7 nitrogen and oxygen atoms in total. The Balaban J connectivity index is 1.68. The number of hydrogen-bond donors (Lipinski definition) is 2. The highest BCUT2D eigenvalue weighted by atomic mass is 16.5. The molecule has 5 rings (SSSR count). The predicted octanol–water partition coefficient (Wildman–Crippen LogP) is 7.02. The Morgan fingerprint density at radius 1 is 1.07 bits per heavy atom. The van der Waals surface area contributed by atoms with E-state index in [0.717, 1.165) is 51.8 Å². The van der Waals surface area contributed by atoms with Gasteiger partial charge in [-0.25, -0.2) is 4.79 Å². The first kappa shape index (κ1) is 29.2. The number of ether oxygens (including phenoxy) is 1. The summed E-state index contributed by atoms with van der Waals surface area (Å²) in [7, 11) is 2.04. The second-order valence-corrected chi connectivity index (χ2v) is 13.0. The number of nitrogens with zero attached hydrogens (tertiary/aromatic N) is 2. The van der Waals surface area contributed by atoms with Gasteiger partial charge in [0.1, 0.15) is 5.69 Å². The molecule has 0 saturated heterocycles. The number of aryl methyl sites for hydroxylation is 1. The van der Waals surface area contributed by atoms with Crippen molar-refractivity contribution in [2.75, 3.05) is 25.0 Å². The molecule has 1 aromatic heterocycles. The van der Waals surface area contributed by atoms with E-state index in [1.165, 1.54) is 32.1 Å². The van der Waals surface area contributed by atoms with Crippen molar-refractivity contribution < 1.29 is 19.4 Å². The van der Waals surface area contributed by atoms with Crippen molar-refractivity contribution in [2.24, 2.45) is 5.92 Å². The fraction of sp³-hybridized carbons (Fsp3) is 0.529. The Bertz CT molecular complexity index is 1440. The Morgan fingerprint density at radius 3 is 2.39 bits per heavy atom. The molecule has 41 heavy (non-hydrogen) atoms. The standard InChI is InChI=1S/C34H45N3O4/c1-21-12-14-24(15-13-21)28-25-20-26(32(38)35-17-16-23-10-8-7-9-11-23)37-19-18-36(6)29(30(25)37)22(2)27(28)31(33(39)40)41-34(3,4)5/h12-15,20,23,31H,7-11,16-19H2,1-6H3,(H,35,38)(H,39,40)/t31-/m0/s1. The second kappa shape index (κ2) is 11.5. The highest BCUT2D eigenvalue weighted by molar-refractivity contribution is 6.11. The lowest BCUT2D eigenvalue weighted by Gasteiger charge is -2.34. The van der Waals surface area contributed by atoms with Gasteiger partial charge in [-0.15, -0.1) is 0 Å². The minimum Gasteiger partial charge on any atom is -0.479 e. The Labute approximate surface area is 243 Å². The van der Waals surface area contributed by atoms with E-state index in [1.54, 1.807) is 0 Å². The third-order valence-corrected chi connectivity index (χ3v) is 8.75. The molecule has 7 heteroatoms. The number of carboxylic acids is 1. The van der Waals surface area contributed by atoms with Crippen LogP contribution in [-0.4, -0.2) is 47.3 Å². The van der Waals surface area contributed by atoms with Crippen LogP contribution in [0.1, 0.15) is 92.6 Å². The SMILES string of the molecule is Cc1ccc(-c2c([C@H](OC(C)(C)C)C(=O)O)c(C)c3c4c2cc(C(=O)NCCC2CCCCC2)n4CCN3C)cc1. The third-order valence-electron chi connectivity index (χ3n) is 8.75. The zero-order chi connectivity index (χ0) is 29.5. The normalized spacial score (nSPS) is 16.7. The summed E-state index contributed by atoms with van der Waals surface area (Å²) in [5.74, 6) is -0.396. The number of aromatic nitrogens is 1. The molecular formula is C34H45N3O4. The number of carbonyl (C=O) groups excluding carboxylic acids is 1. The number of anilines is 1. The molecule has 0 unspecified atom stereocenters. The van der Waals surface area contributed by atoms with Crippen LogP contribution in [0.5, 0.6) is 0 Å². The molecular weight excluding hydrogens is 514 g/mol. The fourth-order valence-corrected chi connectivity index (χ4v) is 6.78. The number of nitrogens with one attached hydrogen (secondary N) is 1. The van der Waals surface area contributed by atoms with Crippen LogP contribution in [0.2, 0.25) is 0 Å². The average Bonchev–Trinajstić information content (AvgIpc) is 3.30. The molecule has 1 fully saturated rings. The predicted molar refractivity (Wildman–Crippen MR) is 165 cm³/mol. The van der Waals surface area contributed by atoms with Crippen LogP contribution < -0.4 is 10.2 Å². The molecule has 1 aliphatic heterocycles. The highest BCUT2D eigenvalue weighted by Crippen LogP contribution is 2.47. The van der Waals surface area contributed by atoms with Gasteiger partial charge in [0.2, 0.25) is 0 Å². The minimum atomic E-state index is -1.17. The maximum Gasteiger partial charge on any atom is 0.337 e. The van der Waals surface area contributed by atoms with Gasteiger partial charge in [-0.05, 0) is 69.7 Å². The topological polar surface area (TPSA) is 83.8 Å². The van der Waals surface area contributed by atoms with Crippen molar-refractivity contribution in [1.29, 1.82) is 0 Å². The lowest BCUT2D eigenvalue weighted by molar-refractivity contribution is -0.160. The van der Waals surface area contributed by atoms with Gasteiger partial charge in [-0.3, -0.25) is 4.79 Å². The molecule has 1 aliphatic carbocycles. The van der Waals surface area contributed by atoms with Crippen molar-refractivity contribution in [3.63, 3.8) is 0 Å². The highest BCUT2D eigenvalue weighted by Gasteiger charge is 2.36. The molecule has 220 valence electrons. The molecule has 0 spiro atoms. The van der Waals surface area contributed by atoms with Crippen LogP contribution in [0.15, 0.2) is 30.3 Å². The van der Waals surface area contributed by atoms with Gasteiger partial charge in [-0.2, -0.15) is 0 Å². The van der Waals surface area contributed by atoms with Crippen LogP contribution in [0.4, 0.5) is 5.69 Å². The van der Waals surface area contributed by atoms with Gasteiger partial charge >= 0.3 is 5.97 Å². The summed E-state index contributed by atoms with van der Waals surface area (Å²) in [5.41, 5.74) is 6.28. The molecule has 0 radical (unpaired) electrons. The summed E-state index contributed by atoms with van der Waals surface area (Å²) in [4.78, 5) is 28.7. The Hall–Kier alpha value is -3.32. The van der Waals surface area contributed by atoms with Crippen LogP contribution in [0, 0.1) is 19.8 Å². The average molecular weight is 560 g/mol. The van der Waals surface area contributed by atoms with E-state index >= 15 is 0 Å². The maximum atomic E-state index is 13.7. The lowest BCUT2D eigenvalue weighted by Crippen LogP contribution is -2.33. The van der Waals surface area contributed by atoms with E-state index in [4.69, 9.17) is 4.74 Å². The van der Waals surface area contributed by atoms with E-state index in [9.17, 15) is 14.7 Å². The van der Waals surface area contributed by atoms with Crippen molar-refractivity contribution >= 4 is 28.5 Å². The van der Waals surface area contributed by atoms with Crippen LogP contribution in [0.25, 0.3) is 22.0 Å². The summed E-state index contributed by atoms with van der Waals surface area (Å²) < 4.78 is 8.38.